The highest BCUT2D eigenvalue weighted by Crippen LogP contribution is 2.33. The molecule has 1 saturated heterocycles. The first kappa shape index (κ1) is 16.2. The smallest absolute Gasteiger partial charge is 0.193 e. The van der Waals surface area contributed by atoms with Crippen LogP contribution >= 0.6 is 0 Å². The SMILES string of the molecule is CC1(C)OC[C@@H](/C=C2/C(=O)c3cc(F)ccc3Cc3ccccc32)O1. The fraction of sp³-hybridized carbons (Fsp3) is 0.286. The zero-order valence-electron chi connectivity index (χ0n) is 14.2. The van der Waals surface area contributed by atoms with Crippen LogP contribution in [-0.2, 0) is 15.9 Å². The van der Waals surface area contributed by atoms with Gasteiger partial charge in [-0.15, -0.1) is 0 Å². The molecule has 1 heterocycles. The number of hydrogen-bond donors (Lipinski definition) is 0. The van der Waals surface area contributed by atoms with E-state index in [2.05, 4.69) is 0 Å². The molecule has 0 bridgehead atoms. The van der Waals surface area contributed by atoms with Gasteiger partial charge in [-0.05, 0) is 55.2 Å². The zero-order chi connectivity index (χ0) is 17.6. The van der Waals surface area contributed by atoms with Gasteiger partial charge in [0.2, 0.25) is 0 Å². The second-order valence-electron chi connectivity index (χ2n) is 6.91. The summed E-state index contributed by atoms with van der Waals surface area (Å²) in [6, 6.07) is 12.2. The number of Topliss-reactive ketones (excluding diaryl/α,β-unsaturated/α-hetero) is 1. The summed E-state index contributed by atoms with van der Waals surface area (Å²) < 4.78 is 25.2. The van der Waals surface area contributed by atoms with Crippen LogP contribution in [0.5, 0.6) is 0 Å². The van der Waals surface area contributed by atoms with E-state index in [1.807, 2.05) is 44.2 Å². The number of rotatable bonds is 1. The van der Waals surface area contributed by atoms with Crippen LogP contribution in [-0.4, -0.2) is 24.3 Å². The number of halogens is 1. The van der Waals surface area contributed by atoms with Gasteiger partial charge in [0, 0.05) is 11.1 Å². The van der Waals surface area contributed by atoms with Gasteiger partial charge in [-0.1, -0.05) is 30.3 Å². The summed E-state index contributed by atoms with van der Waals surface area (Å²) in [5.41, 5.74) is 3.72. The molecule has 25 heavy (non-hydrogen) atoms. The fourth-order valence-electron chi connectivity index (χ4n) is 3.47. The number of fused-ring (bicyclic) bond motifs is 2. The number of ketones is 1. The molecule has 1 aliphatic carbocycles. The Labute approximate surface area is 146 Å². The summed E-state index contributed by atoms with van der Waals surface area (Å²) in [6.45, 7) is 4.08. The number of hydrogen-bond acceptors (Lipinski definition) is 3. The topological polar surface area (TPSA) is 35.5 Å². The van der Waals surface area contributed by atoms with Crippen molar-refractivity contribution in [1.29, 1.82) is 0 Å². The molecule has 4 heteroatoms. The monoisotopic (exact) mass is 338 g/mol. The van der Waals surface area contributed by atoms with Crippen LogP contribution in [0, 0.1) is 5.82 Å². The molecule has 1 aliphatic heterocycles. The standard InChI is InChI=1S/C21H19FO3/c1-21(2)24-12-16(25-21)11-19-17-6-4-3-5-13(17)9-14-7-8-15(22)10-18(14)20(19)23/h3-8,10-11,16H,9,12H2,1-2H3/b19-11+/t16-/m1/s1. The average Bonchev–Trinajstić information content (AvgIpc) is 2.87. The van der Waals surface area contributed by atoms with Gasteiger partial charge in [-0.25, -0.2) is 4.39 Å². The first-order valence-corrected chi connectivity index (χ1v) is 8.38. The molecular weight excluding hydrogens is 319 g/mol. The predicted octanol–water partition coefficient (Wildman–Crippen LogP) is 4.15. The van der Waals surface area contributed by atoms with Gasteiger partial charge in [0.1, 0.15) is 11.9 Å². The normalized spacial score (nSPS) is 23.2. The van der Waals surface area contributed by atoms with Crippen molar-refractivity contribution in [2.75, 3.05) is 6.61 Å². The first-order chi connectivity index (χ1) is 11.9. The van der Waals surface area contributed by atoms with Crippen molar-refractivity contribution in [3.05, 3.63) is 76.6 Å². The van der Waals surface area contributed by atoms with Crippen LogP contribution in [0.1, 0.15) is 40.9 Å². The van der Waals surface area contributed by atoms with E-state index in [0.717, 1.165) is 16.7 Å². The van der Waals surface area contributed by atoms with Crippen molar-refractivity contribution >= 4 is 11.4 Å². The Morgan fingerprint density at radius 3 is 2.64 bits per heavy atom. The lowest BCUT2D eigenvalue weighted by Crippen LogP contribution is -2.21. The molecule has 1 fully saturated rings. The summed E-state index contributed by atoms with van der Waals surface area (Å²) >= 11 is 0. The molecule has 4 rings (SSSR count). The molecule has 1 atom stereocenters. The minimum atomic E-state index is -0.668. The van der Waals surface area contributed by atoms with Crippen LogP contribution in [0.25, 0.3) is 5.57 Å². The van der Waals surface area contributed by atoms with Crippen LogP contribution in [0.4, 0.5) is 4.39 Å². The van der Waals surface area contributed by atoms with E-state index in [0.29, 0.717) is 24.2 Å². The minimum absolute atomic E-state index is 0.173. The highest BCUT2D eigenvalue weighted by atomic mass is 19.1. The Kier molecular flexibility index (Phi) is 3.82. The van der Waals surface area contributed by atoms with E-state index in [1.54, 1.807) is 6.07 Å². The maximum Gasteiger partial charge on any atom is 0.193 e. The van der Waals surface area contributed by atoms with Crippen LogP contribution in [0.15, 0.2) is 48.5 Å². The van der Waals surface area contributed by atoms with Crippen molar-refractivity contribution in [1.82, 2.24) is 0 Å². The Hall–Kier alpha value is -2.30. The maximum atomic E-state index is 13.7. The molecular formula is C21H19FO3. The molecule has 0 spiro atoms. The first-order valence-electron chi connectivity index (χ1n) is 8.38. The molecule has 0 radical (unpaired) electrons. The van der Waals surface area contributed by atoms with Crippen molar-refractivity contribution < 1.29 is 18.7 Å². The van der Waals surface area contributed by atoms with Crippen molar-refractivity contribution in [2.24, 2.45) is 0 Å². The number of allylic oxidation sites excluding steroid dienone is 1. The molecule has 128 valence electrons. The van der Waals surface area contributed by atoms with E-state index in [-0.39, 0.29) is 11.9 Å². The van der Waals surface area contributed by atoms with Gasteiger partial charge in [-0.2, -0.15) is 0 Å². The number of benzene rings is 2. The summed E-state index contributed by atoms with van der Waals surface area (Å²) in [5, 5.41) is 0. The lowest BCUT2D eigenvalue weighted by molar-refractivity contribution is -0.133. The Bertz CT molecular complexity index is 882. The van der Waals surface area contributed by atoms with E-state index >= 15 is 0 Å². The average molecular weight is 338 g/mol. The van der Waals surface area contributed by atoms with Crippen molar-refractivity contribution in [3.8, 4) is 0 Å². The molecule has 0 unspecified atom stereocenters. The van der Waals surface area contributed by atoms with Crippen LogP contribution in [0.2, 0.25) is 0 Å². The Morgan fingerprint density at radius 2 is 1.88 bits per heavy atom. The lowest BCUT2D eigenvalue weighted by atomic mass is 9.95. The summed E-state index contributed by atoms with van der Waals surface area (Å²) in [5.74, 6) is -1.24. The highest BCUT2D eigenvalue weighted by Gasteiger charge is 2.33. The van der Waals surface area contributed by atoms with E-state index in [1.165, 1.54) is 12.1 Å². The summed E-state index contributed by atoms with van der Waals surface area (Å²) in [6.07, 6.45) is 2.11. The molecule has 0 amide bonds. The van der Waals surface area contributed by atoms with Gasteiger partial charge in [0.05, 0.1) is 6.61 Å². The fourth-order valence-corrected chi connectivity index (χ4v) is 3.47. The molecule has 0 N–H and O–H groups in total. The van der Waals surface area contributed by atoms with E-state index in [9.17, 15) is 9.18 Å². The second-order valence-corrected chi connectivity index (χ2v) is 6.91. The van der Waals surface area contributed by atoms with Crippen LogP contribution in [0.3, 0.4) is 0 Å². The largest absolute Gasteiger partial charge is 0.347 e. The zero-order valence-corrected chi connectivity index (χ0v) is 14.2. The van der Waals surface area contributed by atoms with Gasteiger partial charge in [-0.3, -0.25) is 4.79 Å². The molecule has 2 aliphatic rings. The van der Waals surface area contributed by atoms with Crippen molar-refractivity contribution in [3.63, 3.8) is 0 Å². The van der Waals surface area contributed by atoms with E-state index in [4.69, 9.17) is 9.47 Å². The third-order valence-corrected chi connectivity index (χ3v) is 4.63. The predicted molar refractivity (Wildman–Crippen MR) is 92.9 cm³/mol. The molecule has 3 nitrogen and oxygen atoms in total. The summed E-state index contributed by atoms with van der Waals surface area (Å²) in [4.78, 5) is 13.2. The maximum absolute atomic E-state index is 13.7. The third kappa shape index (κ3) is 3.03. The molecule has 2 aromatic carbocycles. The quantitative estimate of drug-likeness (QED) is 0.733. The van der Waals surface area contributed by atoms with E-state index < -0.39 is 11.6 Å². The molecule has 0 saturated carbocycles. The highest BCUT2D eigenvalue weighted by molar-refractivity contribution is 6.30. The van der Waals surface area contributed by atoms with Crippen LogP contribution < -0.4 is 0 Å². The van der Waals surface area contributed by atoms with Crippen molar-refractivity contribution in [2.45, 2.75) is 32.2 Å². The minimum Gasteiger partial charge on any atom is -0.347 e. The molecule has 2 aromatic rings. The third-order valence-electron chi connectivity index (χ3n) is 4.63. The van der Waals surface area contributed by atoms with Gasteiger partial charge in [0.25, 0.3) is 0 Å². The van der Waals surface area contributed by atoms with Gasteiger partial charge in [0.15, 0.2) is 11.6 Å². The van der Waals surface area contributed by atoms with Gasteiger partial charge >= 0.3 is 0 Å². The lowest BCUT2D eigenvalue weighted by Gasteiger charge is -2.16. The Balaban J connectivity index is 1.85. The number of carbonyl (C=O) groups excluding carboxylic acids is 1. The summed E-state index contributed by atoms with van der Waals surface area (Å²) in [7, 11) is 0. The second kappa shape index (κ2) is 5.90. The van der Waals surface area contributed by atoms with Gasteiger partial charge < -0.3 is 9.47 Å². The Morgan fingerprint density at radius 1 is 1.12 bits per heavy atom. The number of carbonyl (C=O) groups is 1. The number of ether oxygens (including phenoxy) is 2. The molecule has 0 aromatic heterocycles.